The van der Waals surface area contributed by atoms with E-state index in [9.17, 15) is 8.42 Å². The Morgan fingerprint density at radius 1 is 1.25 bits per heavy atom. The molecule has 120 valence electrons. The number of rotatable bonds is 10. The Bertz CT molecular complexity index is 363. The van der Waals surface area contributed by atoms with Crippen molar-refractivity contribution in [1.82, 2.24) is 10.6 Å². The van der Waals surface area contributed by atoms with Gasteiger partial charge >= 0.3 is 0 Å². The fourth-order valence-electron chi connectivity index (χ4n) is 1.83. The summed E-state index contributed by atoms with van der Waals surface area (Å²) >= 11 is 0. The van der Waals surface area contributed by atoms with E-state index < -0.39 is 9.84 Å². The van der Waals surface area contributed by atoms with E-state index in [0.29, 0.717) is 25.0 Å². The van der Waals surface area contributed by atoms with Crippen molar-refractivity contribution >= 4 is 15.8 Å². The molecule has 0 rings (SSSR count). The molecular weight excluding hydrogens is 278 g/mol. The average molecular weight is 307 g/mol. The minimum absolute atomic E-state index is 0.0897. The lowest BCUT2D eigenvalue weighted by Gasteiger charge is -2.15. The van der Waals surface area contributed by atoms with Gasteiger partial charge in [-0.05, 0) is 25.7 Å². The molecule has 7 heteroatoms. The topological polar surface area (TPSA) is 90.8 Å². The zero-order valence-corrected chi connectivity index (χ0v) is 13.7. The molecule has 0 aliphatic carbocycles. The SMILES string of the molecule is CCCC(CCO)CN=C(NCC)NCCS(C)(=O)=O. The standard InChI is InChI=1S/C13H29N3O3S/c1-4-6-12(7-9-17)11-16-13(14-5-2)15-8-10-20(3,18)19/h12,17H,4-11H2,1-3H3,(H2,14,15,16). The first-order valence-corrected chi connectivity index (χ1v) is 9.29. The minimum atomic E-state index is -2.96. The number of aliphatic hydroxyl groups excluding tert-OH is 1. The second-order valence-electron chi connectivity index (χ2n) is 4.94. The number of nitrogens with one attached hydrogen (secondary N) is 2. The van der Waals surface area contributed by atoms with Crippen LogP contribution in [0.3, 0.4) is 0 Å². The smallest absolute Gasteiger partial charge is 0.191 e. The molecule has 0 heterocycles. The zero-order chi connectivity index (χ0) is 15.4. The molecule has 3 N–H and O–H groups in total. The van der Waals surface area contributed by atoms with E-state index in [-0.39, 0.29) is 12.4 Å². The van der Waals surface area contributed by atoms with Crippen LogP contribution in [0.5, 0.6) is 0 Å². The van der Waals surface area contributed by atoms with Crippen LogP contribution in [0.4, 0.5) is 0 Å². The third-order valence-corrected chi connectivity index (χ3v) is 3.80. The first-order chi connectivity index (χ1) is 9.42. The Morgan fingerprint density at radius 2 is 1.95 bits per heavy atom. The molecule has 1 atom stereocenters. The first kappa shape index (κ1) is 19.2. The molecule has 0 bridgehead atoms. The molecule has 0 radical (unpaired) electrons. The van der Waals surface area contributed by atoms with Crippen LogP contribution >= 0.6 is 0 Å². The molecule has 6 nitrogen and oxygen atoms in total. The van der Waals surface area contributed by atoms with Crippen molar-refractivity contribution in [2.24, 2.45) is 10.9 Å². The maximum absolute atomic E-state index is 11.1. The van der Waals surface area contributed by atoms with Crippen LogP contribution in [0.2, 0.25) is 0 Å². The van der Waals surface area contributed by atoms with Gasteiger partial charge in [-0.15, -0.1) is 0 Å². The third-order valence-electron chi connectivity index (χ3n) is 2.85. The summed E-state index contributed by atoms with van der Waals surface area (Å²) in [6.07, 6.45) is 4.07. The van der Waals surface area contributed by atoms with Gasteiger partial charge in [-0.25, -0.2) is 8.42 Å². The number of hydrogen-bond acceptors (Lipinski definition) is 4. The lowest BCUT2D eigenvalue weighted by atomic mass is 10.0. The Morgan fingerprint density at radius 3 is 2.45 bits per heavy atom. The van der Waals surface area contributed by atoms with Crippen LogP contribution in [0.15, 0.2) is 4.99 Å². The molecule has 0 spiro atoms. The van der Waals surface area contributed by atoms with Gasteiger partial charge in [0.25, 0.3) is 0 Å². The molecular formula is C13H29N3O3S. The Kier molecular flexibility index (Phi) is 10.5. The lowest BCUT2D eigenvalue weighted by molar-refractivity contribution is 0.253. The van der Waals surface area contributed by atoms with Crippen molar-refractivity contribution < 1.29 is 13.5 Å². The summed E-state index contributed by atoms with van der Waals surface area (Å²) in [6, 6.07) is 0. The van der Waals surface area contributed by atoms with E-state index in [2.05, 4.69) is 22.5 Å². The molecule has 0 aromatic rings. The van der Waals surface area contributed by atoms with Gasteiger partial charge in [-0.1, -0.05) is 13.3 Å². The van der Waals surface area contributed by atoms with Gasteiger partial charge in [0.1, 0.15) is 9.84 Å². The van der Waals surface area contributed by atoms with Crippen LogP contribution in [0, 0.1) is 5.92 Å². The second kappa shape index (κ2) is 10.9. The van der Waals surface area contributed by atoms with E-state index in [1.807, 2.05) is 6.92 Å². The number of nitrogens with zero attached hydrogens (tertiary/aromatic N) is 1. The summed E-state index contributed by atoms with van der Waals surface area (Å²) in [4.78, 5) is 4.46. The molecule has 0 fully saturated rings. The van der Waals surface area contributed by atoms with Crippen molar-refractivity contribution in [2.45, 2.75) is 33.1 Å². The maximum Gasteiger partial charge on any atom is 0.191 e. The average Bonchev–Trinajstić information content (AvgIpc) is 2.34. The number of aliphatic imine (C=N–C) groups is 1. The molecule has 0 saturated heterocycles. The molecule has 0 aromatic heterocycles. The predicted octanol–water partition coefficient (Wildman–Crippen LogP) is 0.385. The largest absolute Gasteiger partial charge is 0.396 e. The number of aliphatic hydroxyl groups is 1. The van der Waals surface area contributed by atoms with E-state index in [1.165, 1.54) is 6.26 Å². The summed E-state index contributed by atoms with van der Waals surface area (Å²) in [7, 11) is -2.96. The number of guanidine groups is 1. The van der Waals surface area contributed by atoms with Crippen molar-refractivity contribution in [3.63, 3.8) is 0 Å². The highest BCUT2D eigenvalue weighted by molar-refractivity contribution is 7.90. The Hall–Kier alpha value is -0.820. The van der Waals surface area contributed by atoms with Gasteiger partial charge in [0, 0.05) is 32.5 Å². The van der Waals surface area contributed by atoms with E-state index in [4.69, 9.17) is 5.11 Å². The van der Waals surface area contributed by atoms with Crippen LogP contribution in [-0.2, 0) is 9.84 Å². The van der Waals surface area contributed by atoms with Crippen LogP contribution in [-0.4, -0.2) is 57.7 Å². The highest BCUT2D eigenvalue weighted by Gasteiger charge is 2.08. The monoisotopic (exact) mass is 307 g/mol. The van der Waals surface area contributed by atoms with Crippen molar-refractivity contribution in [1.29, 1.82) is 0 Å². The highest BCUT2D eigenvalue weighted by Crippen LogP contribution is 2.10. The number of sulfone groups is 1. The lowest BCUT2D eigenvalue weighted by Crippen LogP contribution is -2.39. The zero-order valence-electron chi connectivity index (χ0n) is 12.9. The molecule has 0 saturated carbocycles. The second-order valence-corrected chi connectivity index (χ2v) is 7.20. The summed E-state index contributed by atoms with van der Waals surface area (Å²) in [5, 5.41) is 15.1. The third kappa shape index (κ3) is 11.0. The predicted molar refractivity (Wildman–Crippen MR) is 83.8 cm³/mol. The van der Waals surface area contributed by atoms with Gasteiger partial charge in [0.2, 0.25) is 0 Å². The minimum Gasteiger partial charge on any atom is -0.396 e. The normalized spacial score (nSPS) is 14.1. The highest BCUT2D eigenvalue weighted by atomic mass is 32.2. The van der Waals surface area contributed by atoms with Gasteiger partial charge in [0.15, 0.2) is 5.96 Å². The van der Waals surface area contributed by atoms with Crippen molar-refractivity contribution in [3.05, 3.63) is 0 Å². The van der Waals surface area contributed by atoms with Crippen LogP contribution in [0.1, 0.15) is 33.1 Å². The van der Waals surface area contributed by atoms with Crippen LogP contribution in [0.25, 0.3) is 0 Å². The molecule has 20 heavy (non-hydrogen) atoms. The van der Waals surface area contributed by atoms with E-state index in [1.54, 1.807) is 0 Å². The summed E-state index contributed by atoms with van der Waals surface area (Å²) in [5.74, 6) is 1.09. The maximum atomic E-state index is 11.1. The van der Waals surface area contributed by atoms with Gasteiger partial charge in [-0.2, -0.15) is 0 Å². The Balaban J connectivity index is 4.35. The fourth-order valence-corrected chi connectivity index (χ4v) is 2.31. The van der Waals surface area contributed by atoms with Gasteiger partial charge < -0.3 is 15.7 Å². The fraction of sp³-hybridized carbons (Fsp3) is 0.923. The van der Waals surface area contributed by atoms with E-state index >= 15 is 0 Å². The van der Waals surface area contributed by atoms with Gasteiger partial charge in [-0.3, -0.25) is 4.99 Å². The number of hydrogen-bond donors (Lipinski definition) is 3. The van der Waals surface area contributed by atoms with Crippen molar-refractivity contribution in [3.8, 4) is 0 Å². The molecule has 0 aromatic carbocycles. The summed E-state index contributed by atoms with van der Waals surface area (Å²) in [5.41, 5.74) is 0. The van der Waals surface area contributed by atoms with Gasteiger partial charge in [0.05, 0.1) is 5.75 Å². The van der Waals surface area contributed by atoms with Crippen LogP contribution < -0.4 is 10.6 Å². The molecule has 1 unspecified atom stereocenters. The molecule has 0 aliphatic heterocycles. The quantitative estimate of drug-likeness (QED) is 0.401. The Labute approximate surface area is 123 Å². The van der Waals surface area contributed by atoms with E-state index in [0.717, 1.165) is 25.8 Å². The summed E-state index contributed by atoms with van der Waals surface area (Å²) < 4.78 is 22.2. The van der Waals surface area contributed by atoms with Crippen molar-refractivity contribution in [2.75, 3.05) is 38.2 Å². The molecule has 0 amide bonds. The summed E-state index contributed by atoms with van der Waals surface area (Å²) in [6.45, 7) is 5.97. The first-order valence-electron chi connectivity index (χ1n) is 7.23. The molecule has 0 aliphatic rings.